The second-order valence-electron chi connectivity index (χ2n) is 6.25. The fraction of sp³-hybridized carbons (Fsp3) is 0.562. The van der Waals surface area contributed by atoms with Crippen molar-refractivity contribution < 1.29 is 4.21 Å². The molecule has 0 amide bonds. The highest BCUT2D eigenvalue weighted by molar-refractivity contribution is 7.85. The molecule has 0 spiro atoms. The van der Waals surface area contributed by atoms with Crippen molar-refractivity contribution in [3.8, 4) is 0 Å². The van der Waals surface area contributed by atoms with E-state index in [1.807, 2.05) is 39.0 Å². The molecule has 0 aromatic heterocycles. The average Bonchev–Trinajstić information content (AvgIpc) is 3.18. The molecule has 0 radical (unpaired) electrons. The molecule has 0 saturated heterocycles. The van der Waals surface area contributed by atoms with Crippen molar-refractivity contribution in [3.63, 3.8) is 0 Å². The van der Waals surface area contributed by atoms with Crippen molar-refractivity contribution >= 4 is 16.7 Å². The number of benzene rings is 1. The third kappa shape index (κ3) is 4.57. The fourth-order valence-corrected chi connectivity index (χ4v) is 2.53. The van der Waals surface area contributed by atoms with Crippen LogP contribution in [-0.4, -0.2) is 14.7 Å². The Hall–Kier alpha value is -0.960. The van der Waals surface area contributed by atoms with Gasteiger partial charge in [-0.15, -0.1) is 0 Å². The normalized spacial score (nSPS) is 18.4. The van der Waals surface area contributed by atoms with Crippen LogP contribution in [0.15, 0.2) is 34.7 Å². The lowest BCUT2D eigenvalue weighted by Crippen LogP contribution is -2.21. The van der Waals surface area contributed by atoms with E-state index in [-0.39, 0.29) is 4.75 Å². The van der Waals surface area contributed by atoms with Gasteiger partial charge in [-0.25, -0.2) is 4.21 Å². The van der Waals surface area contributed by atoms with Crippen LogP contribution in [0.1, 0.15) is 52.0 Å². The Morgan fingerprint density at radius 1 is 1.26 bits per heavy atom. The highest BCUT2D eigenvalue weighted by atomic mass is 32.2. The van der Waals surface area contributed by atoms with E-state index in [0.29, 0.717) is 0 Å². The van der Waals surface area contributed by atoms with Gasteiger partial charge in [-0.2, -0.15) is 4.40 Å². The molecule has 2 rings (SSSR count). The smallest absolute Gasteiger partial charge is 0.145 e. The van der Waals surface area contributed by atoms with E-state index < -0.39 is 11.0 Å². The van der Waals surface area contributed by atoms with Crippen molar-refractivity contribution in [2.24, 2.45) is 10.3 Å². The highest BCUT2D eigenvalue weighted by Crippen LogP contribution is 2.34. The lowest BCUT2D eigenvalue weighted by atomic mass is 10.0. The summed E-state index contributed by atoms with van der Waals surface area (Å²) in [6.45, 7) is 5.91. The van der Waals surface area contributed by atoms with Crippen molar-refractivity contribution in [1.82, 2.24) is 0 Å². The molecule has 2 nitrogen and oxygen atoms in total. The molecule has 1 fully saturated rings. The maximum Gasteiger partial charge on any atom is 0.145 e. The molecule has 1 atom stereocenters. The third-order valence-corrected chi connectivity index (χ3v) is 4.74. The van der Waals surface area contributed by atoms with Crippen LogP contribution in [0.2, 0.25) is 0 Å². The molecule has 1 saturated carbocycles. The Labute approximate surface area is 118 Å². The zero-order valence-electron chi connectivity index (χ0n) is 12.1. The zero-order valence-corrected chi connectivity index (χ0v) is 12.9. The summed E-state index contributed by atoms with van der Waals surface area (Å²) in [6, 6.07) is 10.2. The van der Waals surface area contributed by atoms with Gasteiger partial charge in [0.25, 0.3) is 0 Å². The highest BCUT2D eigenvalue weighted by Gasteiger charge is 2.23. The molecule has 1 unspecified atom stereocenters. The minimum absolute atomic E-state index is 0.292. The largest absolute Gasteiger partial charge is 0.234 e. The molecule has 19 heavy (non-hydrogen) atoms. The molecule has 0 aliphatic heterocycles. The second kappa shape index (κ2) is 6.00. The third-order valence-electron chi connectivity index (χ3n) is 3.31. The Morgan fingerprint density at radius 3 is 2.42 bits per heavy atom. The van der Waals surface area contributed by atoms with Crippen molar-refractivity contribution in [1.29, 1.82) is 0 Å². The van der Waals surface area contributed by atoms with Gasteiger partial charge in [0.05, 0.1) is 10.5 Å². The molecule has 104 valence electrons. The van der Waals surface area contributed by atoms with E-state index in [2.05, 4.69) is 16.5 Å². The molecule has 0 heterocycles. The van der Waals surface area contributed by atoms with Crippen molar-refractivity contribution in [2.45, 2.75) is 51.2 Å². The quantitative estimate of drug-likeness (QED) is 0.744. The summed E-state index contributed by atoms with van der Waals surface area (Å²) in [6.07, 6.45) is 4.82. The van der Waals surface area contributed by atoms with Gasteiger partial charge < -0.3 is 0 Å². The summed E-state index contributed by atoms with van der Waals surface area (Å²) in [5, 5.41) is 0. The Kier molecular flexibility index (Phi) is 4.56. The minimum Gasteiger partial charge on any atom is -0.234 e. The fourth-order valence-electron chi connectivity index (χ4n) is 1.86. The molecule has 1 aliphatic rings. The first kappa shape index (κ1) is 14.4. The molecule has 0 N–H and O–H groups in total. The average molecular weight is 277 g/mol. The topological polar surface area (TPSA) is 29.4 Å². The van der Waals surface area contributed by atoms with Crippen LogP contribution in [0.25, 0.3) is 0 Å². The lowest BCUT2D eigenvalue weighted by molar-refractivity contribution is 0.650. The predicted molar refractivity (Wildman–Crippen MR) is 82.8 cm³/mol. The van der Waals surface area contributed by atoms with Gasteiger partial charge in [0.2, 0.25) is 0 Å². The van der Waals surface area contributed by atoms with Gasteiger partial charge in [0.15, 0.2) is 0 Å². The van der Waals surface area contributed by atoms with Gasteiger partial charge in [0.1, 0.15) is 11.0 Å². The van der Waals surface area contributed by atoms with E-state index >= 15 is 0 Å². The summed E-state index contributed by atoms with van der Waals surface area (Å²) in [5.74, 6) is 0.872. The minimum atomic E-state index is -1.17. The van der Waals surface area contributed by atoms with E-state index in [1.54, 1.807) is 0 Å². The van der Waals surface area contributed by atoms with Crippen molar-refractivity contribution in [3.05, 3.63) is 35.9 Å². The van der Waals surface area contributed by atoms with Crippen LogP contribution in [0.3, 0.4) is 0 Å². The first-order chi connectivity index (χ1) is 8.97. The number of nitrogens with zero attached hydrogens (tertiary/aromatic N) is 1. The maximum atomic E-state index is 12.2. The molecule has 1 aromatic carbocycles. The molecule has 0 bridgehead atoms. The van der Waals surface area contributed by atoms with Gasteiger partial charge in [-0.3, -0.25) is 0 Å². The van der Waals surface area contributed by atoms with Crippen LogP contribution in [-0.2, 0) is 11.0 Å². The van der Waals surface area contributed by atoms with Crippen LogP contribution in [0, 0.1) is 5.92 Å². The van der Waals surface area contributed by atoms with Gasteiger partial charge >= 0.3 is 0 Å². The molecule has 3 heteroatoms. The number of hydrogen-bond donors (Lipinski definition) is 0. The zero-order chi connectivity index (χ0) is 13.9. The standard InChI is InChI=1S/C16H23NOS/c1-16(2,3)19(18)17-15(12-11-13-9-10-13)14-7-5-4-6-8-14/h4-8,13H,9-12H2,1-3H3/b17-15+. The Balaban J connectivity index is 2.17. The SMILES string of the molecule is CC(C)(C)S(=O)/N=C(\CCC1CC1)c1ccccc1. The van der Waals surface area contributed by atoms with E-state index in [9.17, 15) is 4.21 Å². The Bertz CT molecular complexity index is 469. The predicted octanol–water partition coefficient (Wildman–Crippen LogP) is 4.13. The summed E-state index contributed by atoms with van der Waals surface area (Å²) in [4.78, 5) is 0. The summed E-state index contributed by atoms with van der Waals surface area (Å²) < 4.78 is 16.4. The van der Waals surface area contributed by atoms with E-state index in [0.717, 1.165) is 23.6 Å². The van der Waals surface area contributed by atoms with Crippen LogP contribution >= 0.6 is 0 Å². The summed E-state index contributed by atoms with van der Waals surface area (Å²) in [5.41, 5.74) is 2.11. The molecule has 1 aromatic rings. The van der Waals surface area contributed by atoms with E-state index in [4.69, 9.17) is 0 Å². The van der Waals surface area contributed by atoms with Crippen molar-refractivity contribution in [2.75, 3.05) is 0 Å². The van der Waals surface area contributed by atoms with Gasteiger partial charge in [0, 0.05) is 0 Å². The summed E-state index contributed by atoms with van der Waals surface area (Å²) in [7, 11) is -1.17. The Morgan fingerprint density at radius 2 is 1.89 bits per heavy atom. The monoisotopic (exact) mass is 277 g/mol. The first-order valence-electron chi connectivity index (χ1n) is 7.02. The van der Waals surface area contributed by atoms with Crippen LogP contribution < -0.4 is 0 Å². The first-order valence-corrected chi connectivity index (χ1v) is 8.12. The maximum absolute atomic E-state index is 12.2. The van der Waals surface area contributed by atoms with Gasteiger partial charge in [-0.1, -0.05) is 43.2 Å². The van der Waals surface area contributed by atoms with E-state index in [1.165, 1.54) is 19.3 Å². The number of rotatable bonds is 5. The lowest BCUT2D eigenvalue weighted by Gasteiger charge is -2.15. The van der Waals surface area contributed by atoms with Crippen LogP contribution in [0.5, 0.6) is 0 Å². The van der Waals surface area contributed by atoms with Gasteiger partial charge in [-0.05, 0) is 45.1 Å². The molecular weight excluding hydrogens is 254 g/mol. The number of hydrogen-bond acceptors (Lipinski definition) is 1. The van der Waals surface area contributed by atoms with Crippen LogP contribution in [0.4, 0.5) is 0 Å². The second-order valence-corrected chi connectivity index (χ2v) is 8.15. The molecule has 1 aliphatic carbocycles. The summed E-state index contributed by atoms with van der Waals surface area (Å²) >= 11 is 0. The molecular formula is C16H23NOS.